The molecule has 0 radical (unpaired) electrons. The molecule has 104 valence electrons. The first kappa shape index (κ1) is 13.8. The van der Waals surface area contributed by atoms with Crippen LogP contribution in [0.15, 0.2) is 36.4 Å². The van der Waals surface area contributed by atoms with Crippen molar-refractivity contribution in [2.24, 2.45) is 0 Å². The van der Waals surface area contributed by atoms with E-state index in [1.165, 1.54) is 7.11 Å². The lowest BCUT2D eigenvalue weighted by molar-refractivity contribution is 0.373. The third-order valence-electron chi connectivity index (χ3n) is 2.82. The van der Waals surface area contributed by atoms with Crippen molar-refractivity contribution in [3.63, 3.8) is 0 Å². The SMILES string of the molecule is COc1cc(O)cc(/C=C/c2ccc(O)c(OC)c2)c1. The van der Waals surface area contributed by atoms with Crippen molar-refractivity contribution in [2.75, 3.05) is 14.2 Å². The molecule has 0 spiro atoms. The minimum atomic E-state index is 0.101. The third-order valence-corrected chi connectivity index (χ3v) is 2.82. The number of rotatable bonds is 4. The van der Waals surface area contributed by atoms with Gasteiger partial charge < -0.3 is 19.7 Å². The van der Waals surface area contributed by atoms with Crippen LogP contribution in [-0.4, -0.2) is 24.4 Å². The van der Waals surface area contributed by atoms with E-state index in [0.717, 1.165) is 11.1 Å². The van der Waals surface area contributed by atoms with E-state index >= 15 is 0 Å². The van der Waals surface area contributed by atoms with Gasteiger partial charge in [0.15, 0.2) is 11.5 Å². The summed E-state index contributed by atoms with van der Waals surface area (Å²) >= 11 is 0. The number of phenolic OH excluding ortho intramolecular Hbond substituents is 2. The van der Waals surface area contributed by atoms with Gasteiger partial charge in [-0.05, 0) is 35.4 Å². The maximum Gasteiger partial charge on any atom is 0.161 e. The van der Waals surface area contributed by atoms with Crippen molar-refractivity contribution in [2.45, 2.75) is 0 Å². The second-order valence-electron chi connectivity index (χ2n) is 4.23. The zero-order valence-corrected chi connectivity index (χ0v) is 11.3. The topological polar surface area (TPSA) is 58.9 Å². The molecule has 0 atom stereocenters. The smallest absolute Gasteiger partial charge is 0.161 e. The zero-order valence-electron chi connectivity index (χ0n) is 11.3. The summed E-state index contributed by atoms with van der Waals surface area (Å²) in [6.07, 6.45) is 3.70. The lowest BCUT2D eigenvalue weighted by atomic mass is 10.1. The molecule has 0 aromatic heterocycles. The fourth-order valence-corrected chi connectivity index (χ4v) is 1.81. The maximum absolute atomic E-state index is 9.57. The van der Waals surface area contributed by atoms with E-state index in [1.807, 2.05) is 18.2 Å². The van der Waals surface area contributed by atoms with E-state index in [1.54, 1.807) is 37.4 Å². The second kappa shape index (κ2) is 6.02. The molecule has 2 aromatic carbocycles. The monoisotopic (exact) mass is 272 g/mol. The standard InChI is InChI=1S/C16H16O4/c1-19-14-8-12(7-13(17)10-14)4-3-11-5-6-15(18)16(9-11)20-2/h3-10,17-18H,1-2H3/b4-3+. The molecule has 0 fully saturated rings. The van der Waals surface area contributed by atoms with Gasteiger partial charge in [-0.25, -0.2) is 0 Å². The van der Waals surface area contributed by atoms with Gasteiger partial charge in [-0.15, -0.1) is 0 Å². The molecule has 2 aromatic rings. The Hall–Kier alpha value is -2.62. The van der Waals surface area contributed by atoms with Crippen LogP contribution in [0.25, 0.3) is 12.2 Å². The van der Waals surface area contributed by atoms with Gasteiger partial charge in [-0.3, -0.25) is 0 Å². The van der Waals surface area contributed by atoms with Gasteiger partial charge in [0.1, 0.15) is 11.5 Å². The summed E-state index contributed by atoms with van der Waals surface area (Å²) < 4.78 is 10.1. The van der Waals surface area contributed by atoms with Crippen LogP contribution >= 0.6 is 0 Å². The quantitative estimate of drug-likeness (QED) is 0.838. The Morgan fingerprint density at radius 3 is 2.30 bits per heavy atom. The van der Waals surface area contributed by atoms with Gasteiger partial charge in [0.25, 0.3) is 0 Å². The van der Waals surface area contributed by atoms with Gasteiger partial charge in [0.05, 0.1) is 14.2 Å². The van der Waals surface area contributed by atoms with Gasteiger partial charge in [-0.2, -0.15) is 0 Å². The summed E-state index contributed by atoms with van der Waals surface area (Å²) in [4.78, 5) is 0. The van der Waals surface area contributed by atoms with Crippen LogP contribution in [0.3, 0.4) is 0 Å². The van der Waals surface area contributed by atoms with Crippen LogP contribution in [0.4, 0.5) is 0 Å². The minimum Gasteiger partial charge on any atom is -0.508 e. The van der Waals surface area contributed by atoms with Crippen molar-refractivity contribution >= 4 is 12.2 Å². The zero-order chi connectivity index (χ0) is 14.5. The molecule has 0 unspecified atom stereocenters. The second-order valence-corrected chi connectivity index (χ2v) is 4.23. The highest BCUT2D eigenvalue weighted by Crippen LogP contribution is 2.28. The Labute approximate surface area is 117 Å². The molecule has 4 nitrogen and oxygen atoms in total. The Balaban J connectivity index is 2.27. The van der Waals surface area contributed by atoms with Gasteiger partial charge >= 0.3 is 0 Å². The molecule has 0 heterocycles. The maximum atomic E-state index is 9.57. The van der Waals surface area contributed by atoms with Crippen LogP contribution < -0.4 is 9.47 Å². The molecule has 0 aliphatic rings. The van der Waals surface area contributed by atoms with E-state index < -0.39 is 0 Å². The summed E-state index contributed by atoms with van der Waals surface area (Å²) in [6.45, 7) is 0. The van der Waals surface area contributed by atoms with Crippen LogP contribution in [0.1, 0.15) is 11.1 Å². The molecule has 20 heavy (non-hydrogen) atoms. The van der Waals surface area contributed by atoms with Crippen molar-refractivity contribution in [1.29, 1.82) is 0 Å². The number of phenols is 2. The van der Waals surface area contributed by atoms with Gasteiger partial charge in [-0.1, -0.05) is 18.2 Å². The van der Waals surface area contributed by atoms with E-state index in [4.69, 9.17) is 9.47 Å². The number of hydrogen-bond acceptors (Lipinski definition) is 4. The Bertz CT molecular complexity index is 632. The molecule has 4 heteroatoms. The van der Waals surface area contributed by atoms with Crippen molar-refractivity contribution in [1.82, 2.24) is 0 Å². The van der Waals surface area contributed by atoms with Gasteiger partial charge in [0.2, 0.25) is 0 Å². The molecular weight excluding hydrogens is 256 g/mol. The lowest BCUT2D eigenvalue weighted by Crippen LogP contribution is -1.85. The fraction of sp³-hybridized carbons (Fsp3) is 0.125. The van der Waals surface area contributed by atoms with Crippen molar-refractivity contribution in [3.05, 3.63) is 47.5 Å². The van der Waals surface area contributed by atoms with Crippen molar-refractivity contribution in [3.8, 4) is 23.0 Å². The summed E-state index contributed by atoms with van der Waals surface area (Å²) in [6, 6.07) is 10.1. The van der Waals surface area contributed by atoms with E-state index in [-0.39, 0.29) is 11.5 Å². The largest absolute Gasteiger partial charge is 0.508 e. The number of methoxy groups -OCH3 is 2. The first-order valence-electron chi connectivity index (χ1n) is 6.05. The summed E-state index contributed by atoms with van der Waals surface area (Å²) in [5.74, 6) is 1.25. The molecule has 0 bridgehead atoms. The van der Waals surface area contributed by atoms with Crippen molar-refractivity contribution < 1.29 is 19.7 Å². The number of benzene rings is 2. The fourth-order valence-electron chi connectivity index (χ4n) is 1.81. The Morgan fingerprint density at radius 2 is 1.60 bits per heavy atom. The molecular formula is C16H16O4. The molecule has 0 amide bonds. The minimum absolute atomic E-state index is 0.101. The molecule has 0 saturated heterocycles. The molecule has 0 saturated carbocycles. The first-order valence-corrected chi connectivity index (χ1v) is 6.05. The highest BCUT2D eigenvalue weighted by atomic mass is 16.5. The molecule has 2 N–H and O–H groups in total. The molecule has 0 aliphatic heterocycles. The summed E-state index contributed by atoms with van der Waals surface area (Å²) in [7, 11) is 3.05. The normalized spacial score (nSPS) is 10.7. The van der Waals surface area contributed by atoms with Crippen LogP contribution in [0, 0.1) is 0 Å². The van der Waals surface area contributed by atoms with E-state index in [9.17, 15) is 10.2 Å². The van der Waals surface area contributed by atoms with Gasteiger partial charge in [0, 0.05) is 6.07 Å². The molecule has 2 rings (SSSR count). The van der Waals surface area contributed by atoms with E-state index in [0.29, 0.717) is 11.5 Å². The highest BCUT2D eigenvalue weighted by molar-refractivity contribution is 5.72. The predicted octanol–water partition coefficient (Wildman–Crippen LogP) is 3.29. The lowest BCUT2D eigenvalue weighted by Gasteiger charge is -2.04. The third kappa shape index (κ3) is 3.23. The summed E-state index contributed by atoms with van der Waals surface area (Å²) in [5.41, 5.74) is 1.69. The number of aromatic hydroxyl groups is 2. The Morgan fingerprint density at radius 1 is 0.850 bits per heavy atom. The van der Waals surface area contributed by atoms with E-state index in [2.05, 4.69) is 0 Å². The summed E-state index contributed by atoms with van der Waals surface area (Å²) in [5, 5.41) is 19.1. The number of ether oxygens (including phenoxy) is 2. The van der Waals surface area contributed by atoms with Crippen LogP contribution in [0.5, 0.6) is 23.0 Å². The Kier molecular flexibility index (Phi) is 4.15. The average Bonchev–Trinajstić information content (AvgIpc) is 2.45. The predicted molar refractivity (Wildman–Crippen MR) is 78.2 cm³/mol. The molecule has 0 aliphatic carbocycles. The van der Waals surface area contributed by atoms with Crippen LogP contribution in [-0.2, 0) is 0 Å². The number of hydrogen-bond donors (Lipinski definition) is 2. The van der Waals surface area contributed by atoms with Crippen LogP contribution in [0.2, 0.25) is 0 Å². The highest BCUT2D eigenvalue weighted by Gasteiger charge is 2.01. The average molecular weight is 272 g/mol. The first-order chi connectivity index (χ1) is 9.62.